The van der Waals surface area contributed by atoms with Gasteiger partial charge in [-0.05, 0) is 38.0 Å². The van der Waals surface area contributed by atoms with Crippen molar-refractivity contribution in [2.45, 2.75) is 30.7 Å². The molecule has 0 unspecified atom stereocenters. The number of benzene rings is 1. The second kappa shape index (κ2) is 9.97. The van der Waals surface area contributed by atoms with Crippen molar-refractivity contribution < 1.29 is 22.7 Å². The number of hydrogen-bond acceptors (Lipinski definition) is 7. The normalized spacial score (nSPS) is 15.0. The monoisotopic (exact) mass is 495 g/mol. The molecule has 1 N–H and O–H groups in total. The van der Waals surface area contributed by atoms with Gasteiger partial charge in [0, 0.05) is 40.3 Å². The summed E-state index contributed by atoms with van der Waals surface area (Å²) < 4.78 is 34.1. The predicted octanol–water partition coefficient (Wildman–Crippen LogP) is -0.405. The van der Waals surface area contributed by atoms with E-state index in [1.54, 1.807) is 11.8 Å². The van der Waals surface area contributed by atoms with Crippen molar-refractivity contribution in [2.75, 3.05) is 33.3 Å². The van der Waals surface area contributed by atoms with Crippen LogP contribution >= 0.6 is 0 Å². The fourth-order valence-electron chi connectivity index (χ4n) is 3.90. The third-order valence-corrected chi connectivity index (χ3v) is 7.70. The second-order valence-corrected chi connectivity index (χ2v) is 10.2. The van der Waals surface area contributed by atoms with Gasteiger partial charge in [0.2, 0.25) is 15.9 Å². The van der Waals surface area contributed by atoms with Crippen LogP contribution in [-0.2, 0) is 33.7 Å². The summed E-state index contributed by atoms with van der Waals surface area (Å²) in [4.78, 5) is 50.3. The zero-order valence-electron chi connectivity index (χ0n) is 19.6. The number of piperidine rings is 1. The smallest absolute Gasteiger partial charge is 0.409 e. The van der Waals surface area contributed by atoms with Crippen molar-refractivity contribution in [1.29, 1.82) is 0 Å². The first-order valence-corrected chi connectivity index (χ1v) is 12.3. The Balaban J connectivity index is 1.69. The zero-order chi connectivity index (χ0) is 25.2. The number of rotatable bonds is 6. The van der Waals surface area contributed by atoms with Gasteiger partial charge in [-0.2, -0.15) is 4.31 Å². The Morgan fingerprint density at radius 2 is 1.79 bits per heavy atom. The largest absolute Gasteiger partial charge is 0.450 e. The number of fused-ring (bicyclic) bond motifs is 1. The number of likely N-dealkylation sites (tertiary alicyclic amines) is 1. The van der Waals surface area contributed by atoms with Crippen LogP contribution in [-0.4, -0.2) is 78.1 Å². The summed E-state index contributed by atoms with van der Waals surface area (Å²) in [7, 11) is 0.0118. The van der Waals surface area contributed by atoms with Gasteiger partial charge in [0.15, 0.2) is 0 Å². The van der Waals surface area contributed by atoms with Crippen LogP contribution in [0.1, 0.15) is 19.8 Å². The van der Waals surface area contributed by atoms with E-state index in [0.717, 1.165) is 8.87 Å². The van der Waals surface area contributed by atoms with Gasteiger partial charge < -0.3 is 15.0 Å². The Morgan fingerprint density at radius 3 is 2.41 bits per heavy atom. The molecule has 2 heterocycles. The van der Waals surface area contributed by atoms with Crippen molar-refractivity contribution in [1.82, 2.24) is 23.7 Å². The van der Waals surface area contributed by atoms with Gasteiger partial charge in [0.1, 0.15) is 0 Å². The van der Waals surface area contributed by atoms with Gasteiger partial charge >= 0.3 is 11.8 Å². The van der Waals surface area contributed by atoms with E-state index < -0.39 is 33.7 Å². The van der Waals surface area contributed by atoms with Gasteiger partial charge in [-0.15, -0.1) is 0 Å². The highest BCUT2D eigenvalue weighted by Crippen LogP contribution is 2.19. The lowest BCUT2D eigenvalue weighted by atomic mass is 10.1. The minimum Gasteiger partial charge on any atom is -0.450 e. The third kappa shape index (κ3) is 4.99. The molecule has 186 valence electrons. The molecule has 1 aliphatic rings. The Labute approximate surface area is 196 Å². The Morgan fingerprint density at radius 1 is 1.15 bits per heavy atom. The number of ether oxygens (including phenoxy) is 1. The lowest BCUT2D eigenvalue weighted by Crippen LogP contribution is -2.49. The zero-order valence-corrected chi connectivity index (χ0v) is 20.4. The Hall–Kier alpha value is -3.19. The van der Waals surface area contributed by atoms with E-state index in [-0.39, 0.29) is 22.4 Å². The van der Waals surface area contributed by atoms with Crippen molar-refractivity contribution in [3.63, 3.8) is 0 Å². The SMILES string of the molecule is CCOC(=O)N1CCC(NC(=O)CN(C)S(=O)(=O)c2ccc3c(c2)c(=O)n(C)c(=O)n3C)CC1. The summed E-state index contributed by atoms with van der Waals surface area (Å²) in [5.41, 5.74) is -0.818. The molecule has 34 heavy (non-hydrogen) atoms. The van der Waals surface area contributed by atoms with Crippen LogP contribution in [0, 0.1) is 0 Å². The number of sulfonamides is 1. The molecule has 1 saturated heterocycles. The van der Waals surface area contributed by atoms with E-state index in [1.807, 2.05) is 0 Å². The van der Waals surface area contributed by atoms with Crippen LogP contribution in [0.15, 0.2) is 32.7 Å². The summed E-state index contributed by atoms with van der Waals surface area (Å²) in [5.74, 6) is -0.472. The molecular weight excluding hydrogens is 466 g/mol. The minimum atomic E-state index is -4.08. The first kappa shape index (κ1) is 25.4. The maximum atomic E-state index is 13.0. The standard InChI is InChI=1S/C21H29N5O7S/c1-5-33-21(30)26-10-8-14(9-11-26)22-18(27)13-23(2)34(31,32)15-6-7-17-16(12-15)19(28)25(4)20(29)24(17)3/h6-7,12,14H,5,8-11,13H2,1-4H3,(H,22,27). The minimum absolute atomic E-state index is 0.0805. The van der Waals surface area contributed by atoms with Gasteiger partial charge in [-0.25, -0.2) is 18.0 Å². The number of nitrogens with one attached hydrogen (secondary N) is 1. The van der Waals surface area contributed by atoms with Crippen molar-refractivity contribution >= 4 is 32.9 Å². The fourth-order valence-corrected chi connectivity index (χ4v) is 5.05. The van der Waals surface area contributed by atoms with E-state index in [4.69, 9.17) is 4.74 Å². The molecule has 12 nitrogen and oxygen atoms in total. The van der Waals surface area contributed by atoms with E-state index >= 15 is 0 Å². The van der Waals surface area contributed by atoms with E-state index in [2.05, 4.69) is 5.32 Å². The summed E-state index contributed by atoms with van der Waals surface area (Å²) in [6.07, 6.45) is 0.685. The fraction of sp³-hybridized carbons (Fsp3) is 0.524. The van der Waals surface area contributed by atoms with Gasteiger partial charge in [0.25, 0.3) is 5.56 Å². The van der Waals surface area contributed by atoms with Crippen molar-refractivity contribution in [3.05, 3.63) is 39.0 Å². The van der Waals surface area contributed by atoms with Gasteiger partial charge in [0.05, 0.1) is 29.0 Å². The number of aryl methyl sites for hydroxylation is 1. The van der Waals surface area contributed by atoms with Crippen LogP contribution in [0.5, 0.6) is 0 Å². The van der Waals surface area contributed by atoms with Crippen molar-refractivity contribution in [3.8, 4) is 0 Å². The maximum Gasteiger partial charge on any atom is 0.409 e. The molecule has 0 bridgehead atoms. The second-order valence-electron chi connectivity index (χ2n) is 8.17. The lowest BCUT2D eigenvalue weighted by Gasteiger charge is -2.31. The molecule has 1 aromatic heterocycles. The number of hydrogen-bond donors (Lipinski definition) is 1. The molecule has 1 aliphatic heterocycles. The average molecular weight is 496 g/mol. The molecule has 0 atom stereocenters. The topological polar surface area (TPSA) is 140 Å². The van der Waals surface area contributed by atoms with E-state index in [9.17, 15) is 27.6 Å². The highest BCUT2D eigenvalue weighted by molar-refractivity contribution is 7.89. The van der Waals surface area contributed by atoms with Crippen LogP contribution in [0.3, 0.4) is 0 Å². The Kier molecular flexibility index (Phi) is 7.46. The summed E-state index contributed by atoms with van der Waals surface area (Å²) >= 11 is 0. The molecule has 0 saturated carbocycles. The van der Waals surface area contributed by atoms with Gasteiger partial charge in [-0.3, -0.25) is 18.7 Å². The molecule has 0 aliphatic carbocycles. The van der Waals surface area contributed by atoms with E-state index in [1.165, 1.54) is 43.9 Å². The van der Waals surface area contributed by atoms with Gasteiger partial charge in [-0.1, -0.05) is 0 Å². The number of nitrogens with zero attached hydrogens (tertiary/aromatic N) is 4. The quantitative estimate of drug-likeness (QED) is 0.575. The van der Waals surface area contributed by atoms with Crippen LogP contribution < -0.4 is 16.6 Å². The summed E-state index contributed by atoms with van der Waals surface area (Å²) in [5, 5.41) is 2.89. The first-order valence-electron chi connectivity index (χ1n) is 10.8. The number of carbonyl (C=O) groups excluding carboxylic acids is 2. The van der Waals surface area contributed by atoms with Crippen molar-refractivity contribution in [2.24, 2.45) is 14.1 Å². The first-order chi connectivity index (χ1) is 16.0. The molecule has 2 aromatic rings. The highest BCUT2D eigenvalue weighted by atomic mass is 32.2. The molecule has 1 fully saturated rings. The molecule has 13 heteroatoms. The number of aromatic nitrogens is 2. The predicted molar refractivity (Wildman–Crippen MR) is 124 cm³/mol. The van der Waals surface area contributed by atoms with Crippen LogP contribution in [0.4, 0.5) is 4.79 Å². The number of carbonyl (C=O) groups is 2. The molecular formula is C21H29N5O7S. The average Bonchev–Trinajstić information content (AvgIpc) is 2.81. The third-order valence-electron chi connectivity index (χ3n) is 5.90. The van der Waals surface area contributed by atoms with E-state index in [0.29, 0.717) is 38.1 Å². The number of likely N-dealkylation sites (N-methyl/N-ethyl adjacent to an activating group) is 1. The molecule has 0 spiro atoms. The maximum absolute atomic E-state index is 13.0. The molecule has 3 rings (SSSR count). The lowest BCUT2D eigenvalue weighted by molar-refractivity contribution is -0.122. The molecule has 0 radical (unpaired) electrons. The Bertz CT molecular complexity index is 1320. The highest BCUT2D eigenvalue weighted by Gasteiger charge is 2.27. The molecule has 1 aromatic carbocycles. The number of amides is 2. The molecule has 2 amide bonds. The van der Waals surface area contributed by atoms with Crippen LogP contribution in [0.2, 0.25) is 0 Å². The van der Waals surface area contributed by atoms with Crippen LogP contribution in [0.25, 0.3) is 10.9 Å². The summed E-state index contributed by atoms with van der Waals surface area (Å²) in [6, 6.07) is 3.73. The summed E-state index contributed by atoms with van der Waals surface area (Å²) in [6.45, 7) is 2.48.